The maximum atomic E-state index is 6.24. The first kappa shape index (κ1) is 11.5. The van der Waals surface area contributed by atoms with Crippen LogP contribution in [0.1, 0.15) is 49.4 Å². The van der Waals surface area contributed by atoms with Crippen LogP contribution in [0, 0.1) is 13.8 Å². The van der Waals surface area contributed by atoms with Crippen molar-refractivity contribution in [3.05, 3.63) is 28.8 Å². The van der Waals surface area contributed by atoms with Crippen molar-refractivity contribution in [2.75, 3.05) is 0 Å². The highest BCUT2D eigenvalue weighted by atomic mass is 16.5. The molecule has 2 atom stereocenters. The lowest BCUT2D eigenvalue weighted by Crippen LogP contribution is -2.39. The number of fused-ring (bicyclic) bond motifs is 1. The van der Waals surface area contributed by atoms with E-state index < -0.39 is 0 Å². The molecular weight excluding hydrogens is 198 g/mol. The highest BCUT2D eigenvalue weighted by Gasteiger charge is 2.34. The molecule has 0 spiro atoms. The van der Waals surface area contributed by atoms with Gasteiger partial charge in [-0.2, -0.15) is 0 Å². The standard InChI is InChI=1S/C14H21NO/c1-5-14(4)8-12(15)11-6-9(2)10(3)7-13(11)16-14/h6-7,12H,5,8,15H2,1-4H3. The molecule has 2 rings (SSSR count). The number of aryl methyl sites for hydroxylation is 2. The molecule has 1 aliphatic heterocycles. The third-order valence-corrected chi connectivity index (χ3v) is 3.78. The highest BCUT2D eigenvalue weighted by molar-refractivity contribution is 5.45. The molecule has 88 valence electrons. The van der Waals surface area contributed by atoms with E-state index in [0.29, 0.717) is 0 Å². The van der Waals surface area contributed by atoms with Gasteiger partial charge in [-0.05, 0) is 44.4 Å². The van der Waals surface area contributed by atoms with Gasteiger partial charge in [0, 0.05) is 18.0 Å². The third-order valence-electron chi connectivity index (χ3n) is 3.78. The second-order valence-corrected chi connectivity index (χ2v) is 5.19. The van der Waals surface area contributed by atoms with E-state index in [1.54, 1.807) is 0 Å². The molecule has 0 saturated heterocycles. The third kappa shape index (κ3) is 1.82. The predicted molar refractivity (Wildman–Crippen MR) is 66.8 cm³/mol. The Hall–Kier alpha value is -1.02. The van der Waals surface area contributed by atoms with Crippen molar-refractivity contribution in [2.24, 2.45) is 5.73 Å². The van der Waals surface area contributed by atoms with Crippen molar-refractivity contribution in [2.45, 2.75) is 52.2 Å². The van der Waals surface area contributed by atoms with E-state index in [2.05, 4.69) is 39.8 Å². The molecular formula is C14H21NO. The first-order valence-electron chi connectivity index (χ1n) is 6.01. The summed E-state index contributed by atoms with van der Waals surface area (Å²) in [5.41, 5.74) is 9.85. The molecule has 16 heavy (non-hydrogen) atoms. The van der Waals surface area contributed by atoms with Gasteiger partial charge < -0.3 is 10.5 Å². The van der Waals surface area contributed by atoms with Crippen LogP contribution in [0.4, 0.5) is 0 Å². The van der Waals surface area contributed by atoms with Crippen LogP contribution in [-0.2, 0) is 0 Å². The van der Waals surface area contributed by atoms with Crippen molar-refractivity contribution in [3.63, 3.8) is 0 Å². The maximum Gasteiger partial charge on any atom is 0.125 e. The van der Waals surface area contributed by atoms with Crippen LogP contribution in [-0.4, -0.2) is 5.60 Å². The Morgan fingerprint density at radius 2 is 2.00 bits per heavy atom. The summed E-state index contributed by atoms with van der Waals surface area (Å²) in [5.74, 6) is 0.978. The Kier molecular flexibility index (Phi) is 2.70. The Morgan fingerprint density at radius 1 is 1.38 bits per heavy atom. The zero-order valence-electron chi connectivity index (χ0n) is 10.6. The predicted octanol–water partition coefficient (Wildman–Crippen LogP) is 3.25. The Labute approximate surface area is 97.8 Å². The van der Waals surface area contributed by atoms with E-state index in [4.69, 9.17) is 10.5 Å². The fourth-order valence-electron chi connectivity index (χ4n) is 2.29. The van der Waals surface area contributed by atoms with Gasteiger partial charge in [0.25, 0.3) is 0 Å². The van der Waals surface area contributed by atoms with Gasteiger partial charge in [0.1, 0.15) is 11.4 Å². The van der Waals surface area contributed by atoms with Crippen molar-refractivity contribution in [3.8, 4) is 5.75 Å². The largest absolute Gasteiger partial charge is 0.487 e. The average Bonchev–Trinajstić information content (AvgIpc) is 2.21. The first-order chi connectivity index (χ1) is 7.45. The molecule has 0 fully saturated rings. The smallest absolute Gasteiger partial charge is 0.125 e. The summed E-state index contributed by atoms with van der Waals surface area (Å²) in [5, 5.41) is 0. The molecule has 2 nitrogen and oxygen atoms in total. The second kappa shape index (κ2) is 3.77. The van der Waals surface area contributed by atoms with Crippen molar-refractivity contribution in [1.82, 2.24) is 0 Å². The molecule has 0 saturated carbocycles. The molecule has 0 bridgehead atoms. The molecule has 1 aliphatic rings. The number of nitrogens with two attached hydrogens (primary N) is 1. The summed E-state index contributed by atoms with van der Waals surface area (Å²) in [6.45, 7) is 8.53. The molecule has 2 heteroatoms. The van der Waals surface area contributed by atoms with Gasteiger partial charge in [0.2, 0.25) is 0 Å². The molecule has 0 aromatic heterocycles. The SMILES string of the molecule is CCC1(C)CC(N)c2cc(C)c(C)cc2O1. The second-order valence-electron chi connectivity index (χ2n) is 5.19. The molecule has 0 radical (unpaired) electrons. The van der Waals surface area contributed by atoms with Gasteiger partial charge in [-0.25, -0.2) is 0 Å². The number of ether oxygens (including phenoxy) is 1. The van der Waals surface area contributed by atoms with Crippen LogP contribution in [0.25, 0.3) is 0 Å². The van der Waals surface area contributed by atoms with Gasteiger partial charge >= 0.3 is 0 Å². The minimum Gasteiger partial charge on any atom is -0.487 e. The zero-order valence-corrected chi connectivity index (χ0v) is 10.6. The fraction of sp³-hybridized carbons (Fsp3) is 0.571. The van der Waals surface area contributed by atoms with E-state index in [0.717, 1.165) is 24.2 Å². The Morgan fingerprint density at radius 3 is 2.62 bits per heavy atom. The lowest BCUT2D eigenvalue weighted by Gasteiger charge is -2.38. The Balaban J connectivity index is 2.47. The number of hydrogen-bond acceptors (Lipinski definition) is 2. The lowest BCUT2D eigenvalue weighted by molar-refractivity contribution is 0.0502. The summed E-state index contributed by atoms with van der Waals surface area (Å²) < 4.78 is 6.09. The van der Waals surface area contributed by atoms with Gasteiger partial charge in [-0.15, -0.1) is 0 Å². The van der Waals surface area contributed by atoms with Gasteiger partial charge in [-0.3, -0.25) is 0 Å². The van der Waals surface area contributed by atoms with Crippen LogP contribution < -0.4 is 10.5 Å². The van der Waals surface area contributed by atoms with Crippen molar-refractivity contribution in [1.29, 1.82) is 0 Å². The zero-order chi connectivity index (χ0) is 11.9. The Bertz CT molecular complexity index is 413. The van der Waals surface area contributed by atoms with Gasteiger partial charge in [-0.1, -0.05) is 13.0 Å². The summed E-state index contributed by atoms with van der Waals surface area (Å²) in [7, 11) is 0. The highest BCUT2D eigenvalue weighted by Crippen LogP contribution is 2.40. The minimum atomic E-state index is -0.103. The molecule has 1 heterocycles. The van der Waals surface area contributed by atoms with Crippen molar-refractivity contribution < 1.29 is 4.74 Å². The first-order valence-corrected chi connectivity index (χ1v) is 6.01. The number of rotatable bonds is 1. The molecule has 1 aromatic carbocycles. The van der Waals surface area contributed by atoms with Crippen LogP contribution in [0.2, 0.25) is 0 Å². The van der Waals surface area contributed by atoms with E-state index >= 15 is 0 Å². The van der Waals surface area contributed by atoms with Crippen molar-refractivity contribution >= 4 is 0 Å². The molecule has 2 unspecified atom stereocenters. The number of benzene rings is 1. The molecule has 2 N–H and O–H groups in total. The van der Waals surface area contributed by atoms with Crippen LogP contribution in [0.3, 0.4) is 0 Å². The minimum absolute atomic E-state index is 0.103. The fourth-order valence-corrected chi connectivity index (χ4v) is 2.29. The van der Waals surface area contributed by atoms with Crippen LogP contribution >= 0.6 is 0 Å². The van der Waals surface area contributed by atoms with E-state index in [-0.39, 0.29) is 11.6 Å². The van der Waals surface area contributed by atoms with Crippen LogP contribution in [0.15, 0.2) is 12.1 Å². The summed E-state index contributed by atoms with van der Waals surface area (Å²) >= 11 is 0. The molecule has 1 aromatic rings. The summed E-state index contributed by atoms with van der Waals surface area (Å²) in [4.78, 5) is 0. The van der Waals surface area contributed by atoms with Gasteiger partial charge in [0.15, 0.2) is 0 Å². The number of hydrogen-bond donors (Lipinski definition) is 1. The van der Waals surface area contributed by atoms with E-state index in [9.17, 15) is 0 Å². The average molecular weight is 219 g/mol. The molecule has 0 amide bonds. The maximum absolute atomic E-state index is 6.24. The van der Waals surface area contributed by atoms with Crippen LogP contribution in [0.5, 0.6) is 5.75 Å². The monoisotopic (exact) mass is 219 g/mol. The summed E-state index contributed by atoms with van der Waals surface area (Å²) in [6, 6.07) is 4.40. The van der Waals surface area contributed by atoms with E-state index in [1.165, 1.54) is 11.1 Å². The quantitative estimate of drug-likeness (QED) is 0.787. The van der Waals surface area contributed by atoms with Gasteiger partial charge in [0.05, 0.1) is 0 Å². The topological polar surface area (TPSA) is 35.2 Å². The normalized spacial score (nSPS) is 28.4. The lowest BCUT2D eigenvalue weighted by atomic mass is 9.86. The van der Waals surface area contributed by atoms with E-state index in [1.807, 2.05) is 0 Å². The summed E-state index contributed by atoms with van der Waals surface area (Å²) in [6.07, 6.45) is 1.89. The molecule has 0 aliphatic carbocycles.